The van der Waals surface area contributed by atoms with Gasteiger partial charge in [-0.1, -0.05) is 17.7 Å². The molecule has 0 heterocycles. The molecule has 35 heavy (non-hydrogen) atoms. The average molecular weight is 496 g/mol. The van der Waals surface area contributed by atoms with Crippen LogP contribution in [0.25, 0.3) is 0 Å². The molecule has 3 aromatic carbocycles. The Morgan fingerprint density at radius 1 is 0.829 bits per heavy atom. The molecule has 0 spiro atoms. The molecule has 0 bridgehead atoms. The molecule has 2 N–H and O–H groups in total. The summed E-state index contributed by atoms with van der Waals surface area (Å²) in [6.45, 7) is 1.63. The number of amides is 2. The van der Waals surface area contributed by atoms with E-state index < -0.39 is 17.8 Å². The summed E-state index contributed by atoms with van der Waals surface area (Å²) in [7, 11) is 2.93. The van der Waals surface area contributed by atoms with Gasteiger partial charge in [-0.2, -0.15) is 5.10 Å². The number of hydrogen-bond donors (Lipinski definition) is 2. The van der Waals surface area contributed by atoms with Crippen LogP contribution < -0.4 is 25.0 Å². The second kappa shape index (κ2) is 11.7. The molecule has 0 saturated heterocycles. The first kappa shape index (κ1) is 25.3. The molecular weight excluding hydrogens is 474 g/mol. The van der Waals surface area contributed by atoms with Gasteiger partial charge in [0, 0.05) is 16.3 Å². The second-order valence-corrected chi connectivity index (χ2v) is 7.52. The van der Waals surface area contributed by atoms with Gasteiger partial charge in [-0.3, -0.25) is 9.59 Å². The molecule has 0 aliphatic rings. The second-order valence-electron chi connectivity index (χ2n) is 7.09. The number of nitrogens with one attached hydrogen (secondary N) is 2. The first-order chi connectivity index (χ1) is 16.8. The van der Waals surface area contributed by atoms with E-state index in [1.165, 1.54) is 14.2 Å². The lowest BCUT2D eigenvalue weighted by molar-refractivity contribution is -0.136. The fourth-order valence-electron chi connectivity index (χ4n) is 2.86. The van der Waals surface area contributed by atoms with Gasteiger partial charge in [-0.05, 0) is 67.6 Å². The first-order valence-corrected chi connectivity index (χ1v) is 10.6. The van der Waals surface area contributed by atoms with Crippen molar-refractivity contribution in [3.8, 4) is 17.2 Å². The van der Waals surface area contributed by atoms with Crippen LogP contribution in [-0.2, 0) is 9.59 Å². The Labute approximate surface area is 206 Å². The molecule has 3 aromatic rings. The van der Waals surface area contributed by atoms with E-state index in [1.54, 1.807) is 73.7 Å². The number of ether oxygens (including phenoxy) is 3. The lowest BCUT2D eigenvalue weighted by atomic mass is 10.1. The monoisotopic (exact) mass is 495 g/mol. The summed E-state index contributed by atoms with van der Waals surface area (Å²) in [6, 6.07) is 17.6. The summed E-state index contributed by atoms with van der Waals surface area (Å²) < 4.78 is 15.9. The summed E-state index contributed by atoms with van der Waals surface area (Å²) >= 11 is 5.80. The van der Waals surface area contributed by atoms with Crippen LogP contribution in [0.2, 0.25) is 5.02 Å². The topological polar surface area (TPSA) is 115 Å². The van der Waals surface area contributed by atoms with Gasteiger partial charge in [-0.25, -0.2) is 10.2 Å². The van der Waals surface area contributed by atoms with Crippen molar-refractivity contribution >= 4 is 40.8 Å². The Balaban J connectivity index is 1.66. The number of nitrogens with zero attached hydrogens (tertiary/aromatic N) is 1. The maximum Gasteiger partial charge on any atom is 0.343 e. The number of benzene rings is 3. The Morgan fingerprint density at radius 2 is 1.57 bits per heavy atom. The summed E-state index contributed by atoms with van der Waals surface area (Å²) in [4.78, 5) is 36.6. The number of esters is 1. The molecular formula is C25H22ClN3O6. The molecule has 9 nitrogen and oxygen atoms in total. The first-order valence-electron chi connectivity index (χ1n) is 10.3. The van der Waals surface area contributed by atoms with Gasteiger partial charge in [0.25, 0.3) is 0 Å². The van der Waals surface area contributed by atoms with E-state index in [-0.39, 0.29) is 11.5 Å². The Kier molecular flexibility index (Phi) is 8.42. The van der Waals surface area contributed by atoms with Crippen LogP contribution in [0.4, 0.5) is 5.69 Å². The van der Waals surface area contributed by atoms with Crippen LogP contribution in [0.3, 0.4) is 0 Å². The molecule has 0 saturated carbocycles. The van der Waals surface area contributed by atoms with Crippen molar-refractivity contribution < 1.29 is 28.6 Å². The summed E-state index contributed by atoms with van der Waals surface area (Å²) in [6.07, 6.45) is 0. The van der Waals surface area contributed by atoms with Crippen LogP contribution in [0.1, 0.15) is 22.8 Å². The highest BCUT2D eigenvalue weighted by Gasteiger charge is 2.16. The lowest BCUT2D eigenvalue weighted by Crippen LogP contribution is -2.32. The zero-order valence-corrected chi connectivity index (χ0v) is 19.9. The minimum atomic E-state index is -0.949. The number of hydrogen-bond acceptors (Lipinski definition) is 7. The SMILES string of the molecule is COc1cccc(C(=O)Oc2ccc(/C(C)=N/NC(=O)C(=O)Nc3ccc(Cl)cc3)cc2OC)c1. The van der Waals surface area contributed by atoms with Crippen molar-refractivity contribution in [2.75, 3.05) is 19.5 Å². The number of anilines is 1. The van der Waals surface area contributed by atoms with Crippen molar-refractivity contribution in [3.63, 3.8) is 0 Å². The van der Waals surface area contributed by atoms with Gasteiger partial charge in [-0.15, -0.1) is 0 Å². The van der Waals surface area contributed by atoms with Gasteiger partial charge < -0.3 is 19.5 Å². The van der Waals surface area contributed by atoms with Gasteiger partial charge in [0.15, 0.2) is 11.5 Å². The van der Waals surface area contributed by atoms with E-state index in [4.69, 9.17) is 25.8 Å². The summed E-state index contributed by atoms with van der Waals surface area (Å²) in [5.41, 5.74) is 3.89. The molecule has 3 rings (SSSR count). The van der Waals surface area contributed by atoms with Crippen LogP contribution in [0.15, 0.2) is 71.8 Å². The van der Waals surface area contributed by atoms with E-state index in [0.717, 1.165) is 0 Å². The molecule has 180 valence electrons. The fourth-order valence-corrected chi connectivity index (χ4v) is 2.98. The highest BCUT2D eigenvalue weighted by Crippen LogP contribution is 2.29. The third kappa shape index (κ3) is 6.81. The van der Waals surface area contributed by atoms with E-state index in [2.05, 4.69) is 15.8 Å². The lowest BCUT2D eigenvalue weighted by Gasteiger charge is -2.11. The molecule has 0 aromatic heterocycles. The minimum absolute atomic E-state index is 0.197. The van der Waals surface area contributed by atoms with Crippen LogP contribution in [0, 0.1) is 0 Å². The maximum atomic E-state index is 12.5. The number of rotatable bonds is 7. The number of carbonyl (C=O) groups is 3. The van der Waals surface area contributed by atoms with Crippen molar-refractivity contribution in [1.82, 2.24) is 5.43 Å². The van der Waals surface area contributed by atoms with Gasteiger partial charge in [0.05, 0.1) is 25.5 Å². The van der Waals surface area contributed by atoms with Gasteiger partial charge >= 0.3 is 17.8 Å². The van der Waals surface area contributed by atoms with Crippen LogP contribution in [-0.4, -0.2) is 37.7 Å². The van der Waals surface area contributed by atoms with E-state index in [1.807, 2.05) is 0 Å². The molecule has 0 radical (unpaired) electrons. The normalized spacial score (nSPS) is 10.8. The van der Waals surface area contributed by atoms with Crippen LogP contribution in [0.5, 0.6) is 17.2 Å². The predicted octanol–water partition coefficient (Wildman–Crippen LogP) is 4.06. The van der Waals surface area contributed by atoms with Crippen molar-refractivity contribution in [2.45, 2.75) is 6.92 Å². The molecule has 0 atom stereocenters. The third-order valence-electron chi connectivity index (χ3n) is 4.72. The summed E-state index contributed by atoms with van der Waals surface area (Å²) in [5.74, 6) is -1.42. The highest BCUT2D eigenvalue weighted by molar-refractivity contribution is 6.39. The zero-order valence-electron chi connectivity index (χ0n) is 19.1. The maximum absolute atomic E-state index is 12.5. The number of methoxy groups -OCH3 is 2. The number of carbonyl (C=O) groups excluding carboxylic acids is 3. The summed E-state index contributed by atoms with van der Waals surface area (Å²) in [5, 5.41) is 6.91. The molecule has 0 fully saturated rings. The number of hydrazone groups is 1. The Morgan fingerprint density at radius 3 is 2.26 bits per heavy atom. The van der Waals surface area contributed by atoms with E-state index >= 15 is 0 Å². The van der Waals surface area contributed by atoms with E-state index in [0.29, 0.717) is 33.3 Å². The zero-order chi connectivity index (χ0) is 25.4. The third-order valence-corrected chi connectivity index (χ3v) is 4.97. The Hall–Kier alpha value is -4.37. The van der Waals surface area contributed by atoms with Crippen molar-refractivity contribution in [2.24, 2.45) is 5.10 Å². The quantitative estimate of drug-likeness (QED) is 0.168. The molecule has 0 aliphatic heterocycles. The standard InChI is InChI=1S/C25H22ClN3O6/c1-15(28-29-24(31)23(30)27-19-10-8-18(26)9-11-19)16-7-12-21(22(14-16)34-3)35-25(32)17-5-4-6-20(13-17)33-2/h4-14H,1-3H3,(H,27,30)(H,29,31)/b28-15+. The minimum Gasteiger partial charge on any atom is -0.497 e. The van der Waals surface area contributed by atoms with Crippen molar-refractivity contribution in [3.05, 3.63) is 82.9 Å². The average Bonchev–Trinajstić information content (AvgIpc) is 2.88. The van der Waals surface area contributed by atoms with Crippen LogP contribution >= 0.6 is 11.6 Å². The van der Waals surface area contributed by atoms with E-state index in [9.17, 15) is 14.4 Å². The predicted molar refractivity (Wildman–Crippen MR) is 131 cm³/mol. The Bertz CT molecular complexity index is 1270. The highest BCUT2D eigenvalue weighted by atomic mass is 35.5. The van der Waals surface area contributed by atoms with Gasteiger partial charge in [0.2, 0.25) is 0 Å². The van der Waals surface area contributed by atoms with Crippen molar-refractivity contribution in [1.29, 1.82) is 0 Å². The fraction of sp³-hybridized carbons (Fsp3) is 0.120. The molecule has 0 unspecified atom stereocenters. The smallest absolute Gasteiger partial charge is 0.343 e. The van der Waals surface area contributed by atoms with Gasteiger partial charge in [0.1, 0.15) is 5.75 Å². The largest absolute Gasteiger partial charge is 0.497 e. The molecule has 0 aliphatic carbocycles. The number of halogens is 1. The molecule has 2 amide bonds. The molecule has 10 heteroatoms.